The predicted molar refractivity (Wildman–Crippen MR) is 80.6 cm³/mol. The Hall–Kier alpha value is -2.41. The number of likely N-dealkylation sites (tertiary alicyclic amines) is 1. The number of piperidine rings is 1. The third kappa shape index (κ3) is 2.68. The Morgan fingerprint density at radius 3 is 3.22 bits per heavy atom. The first-order chi connectivity index (χ1) is 11.2. The zero-order valence-electron chi connectivity index (χ0n) is 12.6. The maximum Gasteiger partial charge on any atom is 0.227 e. The molecule has 1 saturated heterocycles. The number of ether oxygens (including phenoxy) is 1. The molecule has 2 aromatic rings. The molecule has 0 saturated carbocycles. The van der Waals surface area contributed by atoms with Crippen LogP contribution in [-0.2, 0) is 22.6 Å². The van der Waals surface area contributed by atoms with Gasteiger partial charge in [-0.2, -0.15) is 0 Å². The molecule has 0 radical (unpaired) electrons. The standard InChI is InChI=1S/C16H18N4O3/c21-13-3-1-2-11(6-13)7-16(22)19-5-4-15-14(9-19)20-12(10-23-15)8-17-18-20/h1-3,6,8,14-15,21H,4-5,7,9-10H2/t14-,15+/m0/s1. The highest BCUT2D eigenvalue weighted by atomic mass is 16.5. The van der Waals surface area contributed by atoms with E-state index in [9.17, 15) is 9.90 Å². The number of amides is 1. The second-order valence-electron chi connectivity index (χ2n) is 6.06. The number of nitrogens with zero attached hydrogens (tertiary/aromatic N) is 4. The van der Waals surface area contributed by atoms with Gasteiger partial charge in [0.1, 0.15) is 5.75 Å². The van der Waals surface area contributed by atoms with Gasteiger partial charge in [-0.15, -0.1) is 5.10 Å². The van der Waals surface area contributed by atoms with Crippen molar-refractivity contribution in [3.8, 4) is 5.75 Å². The molecule has 4 rings (SSSR count). The summed E-state index contributed by atoms with van der Waals surface area (Å²) in [6.45, 7) is 1.80. The number of phenols is 1. The number of carbonyl (C=O) groups is 1. The van der Waals surface area contributed by atoms with Crippen LogP contribution in [0.15, 0.2) is 30.5 Å². The van der Waals surface area contributed by atoms with Gasteiger partial charge in [-0.1, -0.05) is 17.3 Å². The molecule has 0 aliphatic carbocycles. The second kappa shape index (κ2) is 5.66. The fourth-order valence-corrected chi connectivity index (χ4v) is 3.36. The number of rotatable bonds is 2. The minimum atomic E-state index is 0.0307. The van der Waals surface area contributed by atoms with Crippen LogP contribution < -0.4 is 0 Å². The summed E-state index contributed by atoms with van der Waals surface area (Å²) in [7, 11) is 0. The van der Waals surface area contributed by atoms with Gasteiger partial charge < -0.3 is 14.7 Å². The summed E-state index contributed by atoms with van der Waals surface area (Å²) in [6.07, 6.45) is 2.89. The molecule has 23 heavy (non-hydrogen) atoms. The van der Waals surface area contributed by atoms with Crippen molar-refractivity contribution in [3.63, 3.8) is 0 Å². The molecule has 0 spiro atoms. The van der Waals surface area contributed by atoms with Gasteiger partial charge in [-0.05, 0) is 24.1 Å². The van der Waals surface area contributed by atoms with Crippen LogP contribution in [0.5, 0.6) is 5.75 Å². The van der Waals surface area contributed by atoms with Gasteiger partial charge in [0.25, 0.3) is 0 Å². The molecule has 2 atom stereocenters. The van der Waals surface area contributed by atoms with Crippen LogP contribution in [0.3, 0.4) is 0 Å². The largest absolute Gasteiger partial charge is 0.508 e. The van der Waals surface area contributed by atoms with Crippen LogP contribution in [0, 0.1) is 0 Å². The maximum atomic E-state index is 12.6. The molecule has 1 aromatic heterocycles. The predicted octanol–water partition coefficient (Wildman–Crippen LogP) is 0.899. The van der Waals surface area contributed by atoms with Crippen molar-refractivity contribution in [2.45, 2.75) is 31.6 Å². The van der Waals surface area contributed by atoms with Crippen LogP contribution in [0.1, 0.15) is 23.7 Å². The lowest BCUT2D eigenvalue weighted by Crippen LogP contribution is -2.50. The molecule has 1 aromatic carbocycles. The van der Waals surface area contributed by atoms with Gasteiger partial charge in [0, 0.05) is 13.1 Å². The van der Waals surface area contributed by atoms with Crippen LogP contribution in [0.4, 0.5) is 0 Å². The first kappa shape index (κ1) is 14.2. The number of phenolic OH excluding ortho intramolecular Hbond substituents is 1. The fourth-order valence-electron chi connectivity index (χ4n) is 3.36. The highest BCUT2D eigenvalue weighted by Gasteiger charge is 2.37. The normalized spacial score (nSPS) is 23.2. The number of hydrogen-bond donors (Lipinski definition) is 1. The molecule has 0 bridgehead atoms. The molecule has 2 aliphatic heterocycles. The molecule has 1 N–H and O–H groups in total. The third-order valence-electron chi connectivity index (χ3n) is 4.55. The summed E-state index contributed by atoms with van der Waals surface area (Å²) in [6, 6.07) is 6.86. The van der Waals surface area contributed by atoms with Crippen molar-refractivity contribution in [1.29, 1.82) is 0 Å². The molecular formula is C16H18N4O3. The zero-order chi connectivity index (χ0) is 15.8. The maximum absolute atomic E-state index is 12.6. The van der Waals surface area contributed by atoms with E-state index in [0.717, 1.165) is 17.7 Å². The van der Waals surface area contributed by atoms with Crippen molar-refractivity contribution in [1.82, 2.24) is 19.9 Å². The molecule has 2 aliphatic rings. The van der Waals surface area contributed by atoms with Crippen LogP contribution >= 0.6 is 0 Å². The summed E-state index contributed by atoms with van der Waals surface area (Å²) < 4.78 is 7.75. The van der Waals surface area contributed by atoms with Crippen molar-refractivity contribution in [2.75, 3.05) is 13.1 Å². The number of fused-ring (bicyclic) bond motifs is 3. The highest BCUT2D eigenvalue weighted by Crippen LogP contribution is 2.30. The molecule has 1 fully saturated rings. The van der Waals surface area contributed by atoms with E-state index in [1.54, 1.807) is 24.4 Å². The topological polar surface area (TPSA) is 80.5 Å². The first-order valence-electron chi connectivity index (χ1n) is 7.77. The summed E-state index contributed by atoms with van der Waals surface area (Å²) in [5.74, 6) is 0.239. The van der Waals surface area contributed by atoms with Crippen LogP contribution in [-0.4, -0.2) is 50.1 Å². The molecule has 7 nitrogen and oxygen atoms in total. The van der Waals surface area contributed by atoms with Crippen molar-refractivity contribution in [3.05, 3.63) is 41.7 Å². The van der Waals surface area contributed by atoms with E-state index in [0.29, 0.717) is 19.7 Å². The Kier molecular flexibility index (Phi) is 3.49. The van der Waals surface area contributed by atoms with Gasteiger partial charge in [0.05, 0.1) is 37.1 Å². The summed E-state index contributed by atoms with van der Waals surface area (Å²) in [5.41, 5.74) is 1.77. The average molecular weight is 314 g/mol. The second-order valence-corrected chi connectivity index (χ2v) is 6.06. The van der Waals surface area contributed by atoms with Gasteiger partial charge in [-0.25, -0.2) is 4.68 Å². The van der Waals surface area contributed by atoms with Gasteiger partial charge in [0.15, 0.2) is 0 Å². The lowest BCUT2D eigenvalue weighted by Gasteiger charge is -2.41. The SMILES string of the molecule is O=C(Cc1cccc(O)c1)N1CC[C@H]2OCc3cnnn3[C@H]2C1. The number of aromatic nitrogens is 3. The monoisotopic (exact) mass is 314 g/mol. The molecule has 0 unspecified atom stereocenters. The summed E-state index contributed by atoms with van der Waals surface area (Å²) in [5, 5.41) is 17.6. The third-order valence-corrected chi connectivity index (χ3v) is 4.55. The van der Waals surface area contributed by atoms with E-state index < -0.39 is 0 Å². The van der Waals surface area contributed by atoms with Gasteiger partial charge in [-0.3, -0.25) is 4.79 Å². The summed E-state index contributed by atoms with van der Waals surface area (Å²) in [4.78, 5) is 14.4. The molecule has 120 valence electrons. The molecule has 3 heterocycles. The van der Waals surface area contributed by atoms with Gasteiger partial charge >= 0.3 is 0 Å². The Labute approximate surface area is 133 Å². The number of carbonyl (C=O) groups excluding carboxylic acids is 1. The van der Waals surface area contributed by atoms with Gasteiger partial charge in [0.2, 0.25) is 5.91 Å². The van der Waals surface area contributed by atoms with Crippen molar-refractivity contribution < 1.29 is 14.6 Å². The van der Waals surface area contributed by atoms with E-state index >= 15 is 0 Å². The first-order valence-corrected chi connectivity index (χ1v) is 7.77. The van der Waals surface area contributed by atoms with E-state index in [1.807, 2.05) is 15.6 Å². The molecule has 7 heteroatoms. The van der Waals surface area contributed by atoms with Crippen molar-refractivity contribution in [2.24, 2.45) is 0 Å². The van der Waals surface area contributed by atoms with Crippen LogP contribution in [0.25, 0.3) is 0 Å². The Balaban J connectivity index is 1.48. The quantitative estimate of drug-likeness (QED) is 0.891. The van der Waals surface area contributed by atoms with E-state index in [1.165, 1.54) is 0 Å². The number of hydrogen-bond acceptors (Lipinski definition) is 5. The molecule has 1 amide bonds. The van der Waals surface area contributed by atoms with E-state index in [-0.39, 0.29) is 30.2 Å². The average Bonchev–Trinajstić information content (AvgIpc) is 3.03. The Morgan fingerprint density at radius 2 is 2.35 bits per heavy atom. The smallest absolute Gasteiger partial charge is 0.227 e. The van der Waals surface area contributed by atoms with Crippen molar-refractivity contribution >= 4 is 5.91 Å². The fraction of sp³-hybridized carbons (Fsp3) is 0.438. The molecular weight excluding hydrogens is 296 g/mol. The Morgan fingerprint density at radius 1 is 1.43 bits per heavy atom. The summed E-state index contributed by atoms with van der Waals surface area (Å²) >= 11 is 0. The van der Waals surface area contributed by atoms with E-state index in [4.69, 9.17) is 4.74 Å². The zero-order valence-corrected chi connectivity index (χ0v) is 12.6. The highest BCUT2D eigenvalue weighted by molar-refractivity contribution is 5.79. The minimum absolute atomic E-state index is 0.0307. The number of benzene rings is 1. The lowest BCUT2D eigenvalue weighted by atomic mass is 9.99. The number of aromatic hydroxyl groups is 1. The van der Waals surface area contributed by atoms with E-state index in [2.05, 4.69) is 10.3 Å². The minimum Gasteiger partial charge on any atom is -0.508 e. The lowest BCUT2D eigenvalue weighted by molar-refractivity contribution is -0.137. The van der Waals surface area contributed by atoms with Crippen LogP contribution in [0.2, 0.25) is 0 Å². The Bertz CT molecular complexity index is 730.